The summed E-state index contributed by atoms with van der Waals surface area (Å²) < 4.78 is 10.9. The molecule has 8 heteroatoms. The molecule has 0 aliphatic rings. The molecule has 0 aliphatic carbocycles. The second kappa shape index (κ2) is 13.8. The number of hydrogen-bond donors (Lipinski definition) is 3. The third-order valence-corrected chi connectivity index (χ3v) is 3.91. The molecule has 2 aromatic rings. The fraction of sp³-hybridized carbons (Fsp3) is 0.333. The zero-order valence-electron chi connectivity index (χ0n) is 17.0. The number of methoxy groups -OCH3 is 1. The van der Waals surface area contributed by atoms with E-state index >= 15 is 0 Å². The number of ether oxygens (including phenoxy) is 2. The van der Waals surface area contributed by atoms with Gasteiger partial charge < -0.3 is 25.4 Å². The second-order valence-corrected chi connectivity index (χ2v) is 6.15. The minimum absolute atomic E-state index is 0. The molecule has 0 aliphatic heterocycles. The topological polar surface area (TPSA) is 84.0 Å². The molecule has 29 heavy (non-hydrogen) atoms. The number of benzene rings is 2. The van der Waals surface area contributed by atoms with E-state index in [1.54, 1.807) is 14.2 Å². The third kappa shape index (κ3) is 9.14. The number of nitrogens with one attached hydrogen (secondary N) is 3. The SMILES string of the molecule is CN=C(NCC(=O)NCCOC)NCc1ccc(C)cc1Oc1ccccc1.I. The summed E-state index contributed by atoms with van der Waals surface area (Å²) in [5, 5.41) is 8.95. The Hall–Kier alpha value is -2.33. The highest BCUT2D eigenvalue weighted by atomic mass is 127. The zero-order valence-corrected chi connectivity index (χ0v) is 19.4. The third-order valence-electron chi connectivity index (χ3n) is 3.91. The van der Waals surface area contributed by atoms with Crippen molar-refractivity contribution in [3.05, 3.63) is 59.7 Å². The number of amides is 1. The van der Waals surface area contributed by atoms with Crippen LogP contribution in [0.4, 0.5) is 0 Å². The lowest BCUT2D eigenvalue weighted by atomic mass is 10.1. The number of para-hydroxylation sites is 1. The van der Waals surface area contributed by atoms with Gasteiger partial charge >= 0.3 is 0 Å². The Kier molecular flexibility index (Phi) is 11.7. The van der Waals surface area contributed by atoms with E-state index in [1.165, 1.54) is 0 Å². The summed E-state index contributed by atoms with van der Waals surface area (Å²) in [6.45, 7) is 3.62. The van der Waals surface area contributed by atoms with Gasteiger partial charge in [-0.1, -0.05) is 30.3 Å². The van der Waals surface area contributed by atoms with E-state index in [9.17, 15) is 4.79 Å². The Bertz CT molecular complexity index is 785. The van der Waals surface area contributed by atoms with Gasteiger partial charge in [-0.05, 0) is 30.7 Å². The molecule has 0 radical (unpaired) electrons. The molecule has 0 heterocycles. The molecule has 0 bridgehead atoms. The lowest BCUT2D eigenvalue weighted by Gasteiger charge is -2.15. The van der Waals surface area contributed by atoms with Crippen LogP contribution in [0.5, 0.6) is 11.5 Å². The normalized spacial score (nSPS) is 10.7. The fourth-order valence-electron chi connectivity index (χ4n) is 2.44. The van der Waals surface area contributed by atoms with Crippen LogP contribution in [0, 0.1) is 6.92 Å². The number of hydrogen-bond acceptors (Lipinski definition) is 4. The smallest absolute Gasteiger partial charge is 0.239 e. The van der Waals surface area contributed by atoms with Crippen molar-refractivity contribution in [3.8, 4) is 11.5 Å². The monoisotopic (exact) mass is 512 g/mol. The molecule has 0 saturated carbocycles. The van der Waals surface area contributed by atoms with E-state index in [0.717, 1.165) is 22.6 Å². The standard InChI is InChI=1S/C21H28N4O3.HI/c1-16-9-10-17(19(13-16)28-18-7-5-4-6-8-18)14-24-21(22-2)25-15-20(26)23-11-12-27-3;/h4-10,13H,11-12,14-15H2,1-3H3,(H,23,26)(H2,22,24,25);1H. The molecule has 3 N–H and O–H groups in total. The van der Waals surface area contributed by atoms with Crippen LogP contribution in [0.3, 0.4) is 0 Å². The van der Waals surface area contributed by atoms with E-state index < -0.39 is 0 Å². The van der Waals surface area contributed by atoms with Crippen LogP contribution >= 0.6 is 24.0 Å². The lowest BCUT2D eigenvalue weighted by Crippen LogP contribution is -2.43. The maximum atomic E-state index is 11.8. The number of aryl methyl sites for hydroxylation is 1. The molecular formula is C21H29IN4O3. The van der Waals surface area contributed by atoms with Gasteiger partial charge in [0.2, 0.25) is 5.91 Å². The van der Waals surface area contributed by atoms with Crippen molar-refractivity contribution in [2.24, 2.45) is 4.99 Å². The molecule has 1 amide bonds. The maximum absolute atomic E-state index is 11.8. The summed E-state index contributed by atoms with van der Waals surface area (Å²) in [4.78, 5) is 15.9. The van der Waals surface area contributed by atoms with Crippen molar-refractivity contribution in [3.63, 3.8) is 0 Å². The van der Waals surface area contributed by atoms with Gasteiger partial charge in [0.25, 0.3) is 0 Å². The minimum Gasteiger partial charge on any atom is -0.457 e. The Balaban J connectivity index is 0.00000420. The van der Waals surface area contributed by atoms with Crippen molar-refractivity contribution < 1.29 is 14.3 Å². The summed E-state index contributed by atoms with van der Waals surface area (Å²) in [5.74, 6) is 1.98. The average Bonchev–Trinajstić information content (AvgIpc) is 2.70. The molecule has 0 spiro atoms. The maximum Gasteiger partial charge on any atom is 0.239 e. The summed E-state index contributed by atoms with van der Waals surface area (Å²) in [6.07, 6.45) is 0. The first-order valence-corrected chi connectivity index (χ1v) is 9.15. The number of carbonyl (C=O) groups excluding carboxylic acids is 1. The Morgan fingerprint density at radius 1 is 1.07 bits per heavy atom. The van der Waals surface area contributed by atoms with Crippen molar-refractivity contribution in [1.82, 2.24) is 16.0 Å². The van der Waals surface area contributed by atoms with Gasteiger partial charge in [-0.3, -0.25) is 9.79 Å². The van der Waals surface area contributed by atoms with Crippen molar-refractivity contribution in [2.75, 3.05) is 33.9 Å². The van der Waals surface area contributed by atoms with Gasteiger partial charge in [-0.15, -0.1) is 24.0 Å². The summed E-state index contributed by atoms with van der Waals surface area (Å²) >= 11 is 0. The first kappa shape index (κ1) is 24.7. The molecule has 2 aromatic carbocycles. The molecule has 0 unspecified atom stereocenters. The van der Waals surface area contributed by atoms with Gasteiger partial charge in [0.05, 0.1) is 13.2 Å². The summed E-state index contributed by atoms with van der Waals surface area (Å²) in [6, 6.07) is 15.7. The van der Waals surface area contributed by atoms with Crippen molar-refractivity contribution in [2.45, 2.75) is 13.5 Å². The average molecular weight is 512 g/mol. The van der Waals surface area contributed by atoms with Crippen LogP contribution in [-0.2, 0) is 16.1 Å². The molecule has 2 rings (SSSR count). The molecule has 0 saturated heterocycles. The van der Waals surface area contributed by atoms with Gasteiger partial charge in [0.1, 0.15) is 11.5 Å². The largest absolute Gasteiger partial charge is 0.457 e. The first-order valence-electron chi connectivity index (χ1n) is 9.15. The van der Waals surface area contributed by atoms with Crippen molar-refractivity contribution >= 4 is 35.8 Å². The van der Waals surface area contributed by atoms with E-state index in [-0.39, 0.29) is 36.4 Å². The molecule has 0 fully saturated rings. The molecule has 158 valence electrons. The van der Waals surface area contributed by atoms with Gasteiger partial charge in [0, 0.05) is 32.8 Å². The Morgan fingerprint density at radius 2 is 1.83 bits per heavy atom. The lowest BCUT2D eigenvalue weighted by molar-refractivity contribution is -0.120. The van der Waals surface area contributed by atoms with Gasteiger partial charge in [0.15, 0.2) is 5.96 Å². The summed E-state index contributed by atoms with van der Waals surface area (Å²) in [7, 11) is 3.26. The van der Waals surface area contributed by atoms with Crippen LogP contribution in [0.25, 0.3) is 0 Å². The van der Waals surface area contributed by atoms with Gasteiger partial charge in [-0.25, -0.2) is 0 Å². The van der Waals surface area contributed by atoms with E-state index in [4.69, 9.17) is 9.47 Å². The van der Waals surface area contributed by atoms with Crippen LogP contribution in [-0.4, -0.2) is 45.7 Å². The number of aliphatic imine (C=N–C) groups is 1. The molecule has 7 nitrogen and oxygen atoms in total. The minimum atomic E-state index is -0.122. The van der Waals surface area contributed by atoms with Crippen molar-refractivity contribution in [1.29, 1.82) is 0 Å². The quantitative estimate of drug-likeness (QED) is 0.208. The molecular weight excluding hydrogens is 483 g/mol. The Labute approximate surface area is 189 Å². The first-order chi connectivity index (χ1) is 13.6. The molecule has 0 atom stereocenters. The predicted molar refractivity (Wildman–Crippen MR) is 126 cm³/mol. The van der Waals surface area contributed by atoms with E-state index in [1.807, 2.05) is 55.5 Å². The highest BCUT2D eigenvalue weighted by molar-refractivity contribution is 14.0. The highest BCUT2D eigenvalue weighted by Gasteiger charge is 2.08. The number of nitrogens with zero attached hydrogens (tertiary/aromatic N) is 1. The Morgan fingerprint density at radius 3 is 2.52 bits per heavy atom. The molecule has 0 aromatic heterocycles. The van der Waals surface area contributed by atoms with E-state index in [2.05, 4.69) is 20.9 Å². The van der Waals surface area contributed by atoms with E-state index in [0.29, 0.717) is 25.7 Å². The number of rotatable bonds is 9. The van der Waals surface area contributed by atoms with Crippen LogP contribution < -0.4 is 20.7 Å². The van der Waals surface area contributed by atoms with Crippen LogP contribution in [0.1, 0.15) is 11.1 Å². The number of guanidine groups is 1. The van der Waals surface area contributed by atoms with Crippen LogP contribution in [0.2, 0.25) is 0 Å². The van der Waals surface area contributed by atoms with Crippen LogP contribution in [0.15, 0.2) is 53.5 Å². The van der Waals surface area contributed by atoms with Gasteiger partial charge in [-0.2, -0.15) is 0 Å². The zero-order chi connectivity index (χ0) is 20.2. The second-order valence-electron chi connectivity index (χ2n) is 6.15. The number of carbonyl (C=O) groups is 1. The highest BCUT2D eigenvalue weighted by Crippen LogP contribution is 2.26. The summed E-state index contributed by atoms with van der Waals surface area (Å²) in [5.41, 5.74) is 2.10. The fourth-order valence-corrected chi connectivity index (χ4v) is 2.44. The predicted octanol–water partition coefficient (Wildman–Crippen LogP) is 2.83. The number of halogens is 1.